The van der Waals surface area contributed by atoms with Crippen molar-refractivity contribution in [1.82, 2.24) is 9.97 Å². The van der Waals surface area contributed by atoms with E-state index in [-0.39, 0.29) is 28.8 Å². The van der Waals surface area contributed by atoms with Gasteiger partial charge >= 0.3 is 5.97 Å². The summed E-state index contributed by atoms with van der Waals surface area (Å²) in [6.45, 7) is 3.61. The van der Waals surface area contributed by atoms with E-state index in [4.69, 9.17) is 10.5 Å². The molecule has 0 spiro atoms. The number of ether oxygens (including phenoxy) is 1. The van der Waals surface area contributed by atoms with Crippen LogP contribution in [0.3, 0.4) is 0 Å². The normalized spacial score (nSPS) is 11.7. The zero-order valence-electron chi connectivity index (χ0n) is 14.7. The van der Waals surface area contributed by atoms with Crippen LogP contribution in [0, 0.1) is 11.6 Å². The van der Waals surface area contributed by atoms with Gasteiger partial charge in [0.1, 0.15) is 23.0 Å². The Morgan fingerprint density at radius 3 is 2.67 bits per heavy atom. The summed E-state index contributed by atoms with van der Waals surface area (Å²) in [6.07, 6.45) is 1.62. The Kier molecular flexibility index (Phi) is 7.05. The summed E-state index contributed by atoms with van der Waals surface area (Å²) < 4.78 is 31.5. The maximum Gasteiger partial charge on any atom is 0.343 e. The van der Waals surface area contributed by atoms with E-state index in [0.717, 1.165) is 23.9 Å². The van der Waals surface area contributed by atoms with Gasteiger partial charge in [-0.2, -0.15) is 0 Å². The van der Waals surface area contributed by atoms with E-state index < -0.39 is 28.8 Å². The molecule has 0 bridgehead atoms. The highest BCUT2D eigenvalue weighted by Crippen LogP contribution is 2.25. The van der Waals surface area contributed by atoms with Gasteiger partial charge in [-0.15, -0.1) is 0 Å². The molecule has 0 unspecified atom stereocenters. The topological polar surface area (TPSA) is 107 Å². The summed E-state index contributed by atoms with van der Waals surface area (Å²) in [5.41, 5.74) is 5.66. The quantitative estimate of drug-likeness (QED) is 0.421. The van der Waals surface area contributed by atoms with Crippen LogP contribution in [-0.4, -0.2) is 33.7 Å². The number of halogens is 2. The third-order valence-electron chi connectivity index (χ3n) is 3.39. The van der Waals surface area contributed by atoms with Gasteiger partial charge in [-0.3, -0.25) is 4.79 Å². The van der Waals surface area contributed by atoms with Crippen molar-refractivity contribution in [2.45, 2.75) is 30.7 Å². The van der Waals surface area contributed by atoms with Gasteiger partial charge in [-0.05, 0) is 25.5 Å². The number of amides is 1. The minimum Gasteiger partial charge on any atom is -0.462 e. The molecule has 0 saturated carbocycles. The molecule has 0 fully saturated rings. The fourth-order valence-corrected chi connectivity index (χ4v) is 2.91. The summed E-state index contributed by atoms with van der Waals surface area (Å²) in [5, 5.41) is 1.94. The van der Waals surface area contributed by atoms with Gasteiger partial charge in [0.25, 0.3) is 0 Å². The van der Waals surface area contributed by atoms with E-state index in [2.05, 4.69) is 15.3 Å². The Morgan fingerprint density at radius 2 is 2.07 bits per heavy atom. The maximum absolute atomic E-state index is 13.7. The molecule has 2 aromatic rings. The van der Waals surface area contributed by atoms with Crippen molar-refractivity contribution in [3.8, 4) is 0 Å². The molecule has 0 aliphatic carbocycles. The fourth-order valence-electron chi connectivity index (χ4n) is 2.05. The second kappa shape index (κ2) is 9.26. The molecule has 10 heteroatoms. The molecule has 3 N–H and O–H groups in total. The van der Waals surface area contributed by atoms with Crippen LogP contribution >= 0.6 is 11.8 Å². The van der Waals surface area contributed by atoms with Crippen molar-refractivity contribution in [2.24, 2.45) is 0 Å². The number of hydrogen-bond acceptors (Lipinski definition) is 7. The Bertz CT molecular complexity index is 851. The average Bonchev–Trinajstić information content (AvgIpc) is 2.62. The number of carbonyl (C=O) groups is 2. The van der Waals surface area contributed by atoms with E-state index in [1.807, 2.05) is 0 Å². The monoisotopic (exact) mass is 396 g/mol. The van der Waals surface area contributed by atoms with Crippen molar-refractivity contribution < 1.29 is 23.1 Å². The molecule has 2 rings (SSSR count). The number of nitrogens with one attached hydrogen (secondary N) is 1. The first-order chi connectivity index (χ1) is 12.8. The second-order valence-corrected chi connectivity index (χ2v) is 6.47. The first-order valence-electron chi connectivity index (χ1n) is 8.07. The lowest BCUT2D eigenvalue weighted by Crippen LogP contribution is -2.25. The third-order valence-corrected chi connectivity index (χ3v) is 4.63. The molecule has 1 aromatic carbocycles. The zero-order valence-corrected chi connectivity index (χ0v) is 15.5. The molecule has 0 saturated heterocycles. The van der Waals surface area contributed by atoms with Crippen molar-refractivity contribution in [2.75, 3.05) is 17.7 Å². The first-order valence-corrected chi connectivity index (χ1v) is 8.95. The minimum atomic E-state index is -0.873. The number of nitrogen functional groups attached to an aromatic ring is 1. The number of benzene rings is 1. The van der Waals surface area contributed by atoms with Crippen LogP contribution in [0.2, 0.25) is 0 Å². The average molecular weight is 396 g/mol. The number of thioether (sulfide) groups is 1. The highest BCUT2D eigenvalue weighted by molar-refractivity contribution is 8.00. The SMILES string of the molecule is CCOC(=O)c1cnc(S[C@H](CC)C(=O)Nc2ccc(F)cc2F)nc1N. The van der Waals surface area contributed by atoms with E-state index >= 15 is 0 Å². The lowest BCUT2D eigenvalue weighted by atomic mass is 10.2. The molecule has 144 valence electrons. The van der Waals surface area contributed by atoms with Crippen molar-refractivity contribution in [1.29, 1.82) is 0 Å². The Balaban J connectivity index is 2.10. The van der Waals surface area contributed by atoms with Crippen LogP contribution in [0.25, 0.3) is 0 Å². The number of hydrogen-bond donors (Lipinski definition) is 2. The van der Waals surface area contributed by atoms with Crippen molar-refractivity contribution in [3.63, 3.8) is 0 Å². The molecule has 7 nitrogen and oxygen atoms in total. The number of esters is 1. The Morgan fingerprint density at radius 1 is 1.33 bits per heavy atom. The van der Waals surface area contributed by atoms with Gasteiger partial charge < -0.3 is 15.8 Å². The van der Waals surface area contributed by atoms with Crippen molar-refractivity contribution >= 4 is 35.1 Å². The number of anilines is 2. The summed E-state index contributed by atoms with van der Waals surface area (Å²) in [7, 11) is 0. The number of rotatable bonds is 7. The zero-order chi connectivity index (χ0) is 20.0. The minimum absolute atomic E-state index is 0.0343. The summed E-state index contributed by atoms with van der Waals surface area (Å²) in [5.74, 6) is -2.81. The molecule has 0 aliphatic rings. The maximum atomic E-state index is 13.7. The smallest absolute Gasteiger partial charge is 0.343 e. The van der Waals surface area contributed by atoms with Crippen LogP contribution in [0.5, 0.6) is 0 Å². The molecule has 1 heterocycles. The highest BCUT2D eigenvalue weighted by atomic mass is 32.2. The van der Waals surface area contributed by atoms with E-state index in [1.54, 1.807) is 13.8 Å². The lowest BCUT2D eigenvalue weighted by Gasteiger charge is -2.14. The molecule has 27 heavy (non-hydrogen) atoms. The van der Waals surface area contributed by atoms with E-state index in [9.17, 15) is 18.4 Å². The van der Waals surface area contributed by atoms with Gasteiger partial charge in [0.15, 0.2) is 5.16 Å². The number of nitrogens with two attached hydrogens (primary N) is 1. The van der Waals surface area contributed by atoms with Crippen LogP contribution in [-0.2, 0) is 9.53 Å². The standard InChI is InChI=1S/C17H18F2N4O3S/c1-3-13(15(24)22-12-6-5-9(18)7-11(12)19)27-17-21-8-10(14(20)23-17)16(25)26-4-2/h5-8,13H,3-4H2,1-2H3,(H,22,24)(H2,20,21,23)/t13-/m1/s1. The summed E-state index contributed by atoms with van der Waals surface area (Å²) in [4.78, 5) is 32.1. The lowest BCUT2D eigenvalue weighted by molar-refractivity contribution is -0.115. The first kappa shape index (κ1) is 20.6. The second-order valence-electron chi connectivity index (χ2n) is 5.30. The van der Waals surface area contributed by atoms with Gasteiger partial charge in [0, 0.05) is 12.3 Å². The molecule has 1 amide bonds. The predicted molar refractivity (Wildman–Crippen MR) is 97.3 cm³/mol. The van der Waals surface area contributed by atoms with Crippen LogP contribution in [0.4, 0.5) is 20.3 Å². The Hall–Kier alpha value is -2.75. The predicted octanol–water partition coefficient (Wildman–Crippen LogP) is 3.02. The molecule has 1 atom stereocenters. The molecular formula is C17H18F2N4O3S. The van der Waals surface area contributed by atoms with Gasteiger partial charge in [0.2, 0.25) is 5.91 Å². The van der Waals surface area contributed by atoms with Gasteiger partial charge in [0.05, 0.1) is 17.5 Å². The third kappa shape index (κ3) is 5.36. The number of carbonyl (C=O) groups excluding carboxylic acids is 2. The summed E-state index contributed by atoms with van der Waals surface area (Å²) >= 11 is 1.01. The number of nitrogens with zero attached hydrogens (tertiary/aromatic N) is 2. The number of aromatic nitrogens is 2. The summed E-state index contributed by atoms with van der Waals surface area (Å²) in [6, 6.07) is 2.87. The van der Waals surface area contributed by atoms with Crippen LogP contribution < -0.4 is 11.1 Å². The van der Waals surface area contributed by atoms with Gasteiger partial charge in [-0.1, -0.05) is 18.7 Å². The molecule has 0 aliphatic heterocycles. The van der Waals surface area contributed by atoms with Crippen molar-refractivity contribution in [3.05, 3.63) is 41.6 Å². The molecular weight excluding hydrogens is 378 g/mol. The molecule has 0 radical (unpaired) electrons. The molecule has 1 aromatic heterocycles. The largest absolute Gasteiger partial charge is 0.462 e. The van der Waals surface area contributed by atoms with E-state index in [0.29, 0.717) is 12.5 Å². The van der Waals surface area contributed by atoms with Crippen LogP contribution in [0.1, 0.15) is 30.6 Å². The van der Waals surface area contributed by atoms with Gasteiger partial charge in [-0.25, -0.2) is 23.5 Å². The van der Waals surface area contributed by atoms with Crippen LogP contribution in [0.15, 0.2) is 29.6 Å². The van der Waals surface area contributed by atoms with E-state index in [1.165, 1.54) is 6.20 Å². The highest BCUT2D eigenvalue weighted by Gasteiger charge is 2.22. The fraction of sp³-hybridized carbons (Fsp3) is 0.294. The Labute approximate surface area is 158 Å².